The van der Waals surface area contributed by atoms with Crippen LogP contribution in [0.15, 0.2) is 48.5 Å². The van der Waals surface area contributed by atoms with Gasteiger partial charge in [0, 0.05) is 0 Å². The fourth-order valence-corrected chi connectivity index (χ4v) is 2.13. The highest BCUT2D eigenvalue weighted by Gasteiger charge is 2.19. The zero-order valence-corrected chi connectivity index (χ0v) is 10.2. The molecule has 0 spiro atoms. The predicted octanol–water partition coefficient (Wildman–Crippen LogP) is 3.24. The van der Waals surface area contributed by atoms with Crippen molar-refractivity contribution < 1.29 is 9.47 Å². The molecule has 92 valence electrons. The van der Waals surface area contributed by atoms with Gasteiger partial charge >= 0.3 is 0 Å². The molecule has 0 radical (unpaired) electrons. The summed E-state index contributed by atoms with van der Waals surface area (Å²) in [7, 11) is 1.67. The van der Waals surface area contributed by atoms with E-state index < -0.39 is 0 Å². The van der Waals surface area contributed by atoms with Gasteiger partial charge in [-0.25, -0.2) is 0 Å². The van der Waals surface area contributed by atoms with Gasteiger partial charge < -0.3 is 14.8 Å². The molecule has 3 nitrogen and oxygen atoms in total. The van der Waals surface area contributed by atoms with Crippen LogP contribution in [0.1, 0.15) is 11.6 Å². The Morgan fingerprint density at radius 1 is 1.11 bits per heavy atom. The van der Waals surface area contributed by atoms with Crippen LogP contribution in [0, 0.1) is 0 Å². The van der Waals surface area contributed by atoms with E-state index in [1.165, 1.54) is 5.56 Å². The number of methoxy groups -OCH3 is 1. The Bertz CT molecular complexity index is 536. The largest absolute Gasteiger partial charge is 0.497 e. The summed E-state index contributed by atoms with van der Waals surface area (Å²) in [4.78, 5) is 0. The lowest BCUT2D eigenvalue weighted by atomic mass is 10.1. The molecular weight excluding hydrogens is 226 g/mol. The molecule has 0 fully saturated rings. The maximum atomic E-state index is 5.75. The molecule has 0 unspecified atom stereocenters. The molecule has 1 atom stereocenters. The monoisotopic (exact) mass is 241 g/mol. The molecule has 0 saturated carbocycles. The third-order valence-electron chi connectivity index (χ3n) is 3.14. The van der Waals surface area contributed by atoms with Crippen LogP contribution in [0.5, 0.6) is 11.5 Å². The van der Waals surface area contributed by atoms with Crippen LogP contribution in [-0.2, 0) is 0 Å². The highest BCUT2D eigenvalue weighted by atomic mass is 16.5. The van der Waals surface area contributed by atoms with E-state index in [4.69, 9.17) is 9.47 Å². The van der Waals surface area contributed by atoms with Crippen molar-refractivity contribution in [3.63, 3.8) is 0 Å². The normalized spacial score (nSPS) is 17.3. The van der Waals surface area contributed by atoms with Gasteiger partial charge in [0.05, 0.1) is 18.8 Å². The van der Waals surface area contributed by atoms with Crippen molar-refractivity contribution in [1.29, 1.82) is 0 Å². The summed E-state index contributed by atoms with van der Waals surface area (Å²) < 4.78 is 10.9. The van der Waals surface area contributed by atoms with Crippen molar-refractivity contribution in [2.75, 3.05) is 19.0 Å². The Hall–Kier alpha value is -2.16. The van der Waals surface area contributed by atoms with Crippen LogP contribution < -0.4 is 14.8 Å². The second-order valence-corrected chi connectivity index (χ2v) is 4.28. The molecule has 3 rings (SSSR count). The van der Waals surface area contributed by atoms with E-state index in [0.717, 1.165) is 17.2 Å². The van der Waals surface area contributed by atoms with Crippen LogP contribution in [0.3, 0.4) is 0 Å². The van der Waals surface area contributed by atoms with Gasteiger partial charge in [-0.2, -0.15) is 0 Å². The van der Waals surface area contributed by atoms with Gasteiger partial charge in [-0.15, -0.1) is 0 Å². The van der Waals surface area contributed by atoms with Crippen molar-refractivity contribution in [2.24, 2.45) is 0 Å². The summed E-state index contributed by atoms with van der Waals surface area (Å²) in [5, 5.41) is 3.48. The summed E-state index contributed by atoms with van der Waals surface area (Å²) in [6.07, 6.45) is 0. The standard InChI is InChI=1S/C15H15NO2/c1-17-12-8-6-11(7-9-12)14-10-18-15-5-3-2-4-13(15)16-14/h2-9,14,16H,10H2,1H3/t14-/m1/s1. The second-order valence-electron chi connectivity index (χ2n) is 4.28. The lowest BCUT2D eigenvalue weighted by Gasteiger charge is -2.27. The third kappa shape index (κ3) is 1.99. The molecule has 0 bridgehead atoms. The van der Waals surface area contributed by atoms with Crippen LogP contribution >= 0.6 is 0 Å². The van der Waals surface area contributed by atoms with E-state index in [1.54, 1.807) is 7.11 Å². The summed E-state index contributed by atoms with van der Waals surface area (Å²) in [6.45, 7) is 0.642. The molecule has 18 heavy (non-hydrogen) atoms. The molecular formula is C15H15NO2. The smallest absolute Gasteiger partial charge is 0.142 e. The quantitative estimate of drug-likeness (QED) is 0.875. The maximum absolute atomic E-state index is 5.75. The van der Waals surface area contributed by atoms with Gasteiger partial charge in [-0.1, -0.05) is 24.3 Å². The van der Waals surface area contributed by atoms with Crippen LogP contribution in [0.4, 0.5) is 5.69 Å². The van der Waals surface area contributed by atoms with Gasteiger partial charge in [-0.05, 0) is 29.8 Å². The van der Waals surface area contributed by atoms with Gasteiger partial charge in [0.25, 0.3) is 0 Å². The number of rotatable bonds is 2. The average molecular weight is 241 g/mol. The first-order chi connectivity index (χ1) is 8.86. The van der Waals surface area contributed by atoms with Crippen LogP contribution in [-0.4, -0.2) is 13.7 Å². The minimum Gasteiger partial charge on any atom is -0.497 e. The average Bonchev–Trinajstić information content (AvgIpc) is 2.47. The Kier molecular flexibility index (Phi) is 2.81. The van der Waals surface area contributed by atoms with Gasteiger partial charge in [-0.3, -0.25) is 0 Å². The van der Waals surface area contributed by atoms with E-state index in [0.29, 0.717) is 6.61 Å². The molecule has 0 aromatic heterocycles. The Morgan fingerprint density at radius 2 is 1.89 bits per heavy atom. The first-order valence-corrected chi connectivity index (χ1v) is 5.99. The van der Waals surface area contributed by atoms with E-state index >= 15 is 0 Å². The fourth-order valence-electron chi connectivity index (χ4n) is 2.13. The number of ether oxygens (including phenoxy) is 2. The predicted molar refractivity (Wildman–Crippen MR) is 71.3 cm³/mol. The molecule has 2 aromatic rings. The maximum Gasteiger partial charge on any atom is 0.142 e. The molecule has 0 aliphatic carbocycles. The number of fused-ring (bicyclic) bond motifs is 1. The lowest BCUT2D eigenvalue weighted by Crippen LogP contribution is -2.23. The van der Waals surface area contributed by atoms with Crippen molar-refractivity contribution >= 4 is 5.69 Å². The Morgan fingerprint density at radius 3 is 2.67 bits per heavy atom. The minimum atomic E-state index is 0.186. The highest BCUT2D eigenvalue weighted by molar-refractivity contribution is 5.59. The molecule has 1 aliphatic rings. The second kappa shape index (κ2) is 4.61. The van der Waals surface area contributed by atoms with Crippen molar-refractivity contribution in [2.45, 2.75) is 6.04 Å². The van der Waals surface area contributed by atoms with Crippen LogP contribution in [0.2, 0.25) is 0 Å². The SMILES string of the molecule is COc1ccc([C@H]2COc3ccccc3N2)cc1. The third-order valence-corrected chi connectivity index (χ3v) is 3.14. The highest BCUT2D eigenvalue weighted by Crippen LogP contribution is 2.33. The van der Waals surface area contributed by atoms with Crippen molar-refractivity contribution in [1.82, 2.24) is 0 Å². The Balaban J connectivity index is 1.82. The van der Waals surface area contributed by atoms with E-state index in [-0.39, 0.29) is 6.04 Å². The summed E-state index contributed by atoms with van der Waals surface area (Å²) in [5.41, 5.74) is 2.25. The summed E-state index contributed by atoms with van der Waals surface area (Å²) in [5.74, 6) is 1.79. The fraction of sp³-hybridized carbons (Fsp3) is 0.200. The zero-order valence-electron chi connectivity index (χ0n) is 10.2. The number of para-hydroxylation sites is 2. The van der Waals surface area contributed by atoms with E-state index in [2.05, 4.69) is 17.4 Å². The first kappa shape index (κ1) is 11.0. The van der Waals surface area contributed by atoms with E-state index in [9.17, 15) is 0 Å². The number of hydrogen-bond donors (Lipinski definition) is 1. The number of nitrogens with one attached hydrogen (secondary N) is 1. The topological polar surface area (TPSA) is 30.5 Å². The molecule has 1 heterocycles. The van der Waals surface area contributed by atoms with Gasteiger partial charge in [0.15, 0.2) is 0 Å². The number of hydrogen-bond acceptors (Lipinski definition) is 3. The molecule has 1 aliphatic heterocycles. The van der Waals surface area contributed by atoms with Gasteiger partial charge in [0.1, 0.15) is 18.1 Å². The number of benzene rings is 2. The van der Waals surface area contributed by atoms with E-state index in [1.807, 2.05) is 36.4 Å². The summed E-state index contributed by atoms with van der Waals surface area (Å²) >= 11 is 0. The molecule has 0 saturated heterocycles. The zero-order chi connectivity index (χ0) is 12.4. The Labute approximate surface area is 106 Å². The molecule has 3 heteroatoms. The first-order valence-electron chi connectivity index (χ1n) is 5.99. The number of anilines is 1. The molecule has 1 N–H and O–H groups in total. The van der Waals surface area contributed by atoms with Gasteiger partial charge in [0.2, 0.25) is 0 Å². The lowest BCUT2D eigenvalue weighted by molar-refractivity contribution is 0.286. The summed E-state index contributed by atoms with van der Waals surface area (Å²) in [6, 6.07) is 16.2. The minimum absolute atomic E-state index is 0.186. The van der Waals surface area contributed by atoms with Crippen molar-refractivity contribution in [3.8, 4) is 11.5 Å². The van der Waals surface area contributed by atoms with Crippen molar-refractivity contribution in [3.05, 3.63) is 54.1 Å². The van der Waals surface area contributed by atoms with Crippen LogP contribution in [0.25, 0.3) is 0 Å². The molecule has 2 aromatic carbocycles. The molecule has 0 amide bonds.